The van der Waals surface area contributed by atoms with E-state index in [2.05, 4.69) is 6.58 Å². The number of benzene rings is 1. The molecule has 0 heterocycles. The fourth-order valence-corrected chi connectivity index (χ4v) is 1.13. The van der Waals surface area contributed by atoms with Crippen molar-refractivity contribution in [3.63, 3.8) is 0 Å². The Morgan fingerprint density at radius 3 is 2.87 bits per heavy atom. The molecule has 0 saturated carbocycles. The van der Waals surface area contributed by atoms with Crippen LogP contribution in [0.4, 0.5) is 5.69 Å². The molecule has 1 aromatic carbocycles. The molecule has 3 heteroatoms. The van der Waals surface area contributed by atoms with Crippen LogP contribution in [0.5, 0.6) is 0 Å². The minimum absolute atomic E-state index is 0.284. The number of carbonyl (C=O) groups is 1. The Labute approximate surface area is 89.0 Å². The summed E-state index contributed by atoms with van der Waals surface area (Å²) in [5.41, 5.74) is 1.11. The van der Waals surface area contributed by atoms with E-state index in [0.717, 1.165) is 5.69 Å². The third-order valence-electron chi connectivity index (χ3n) is 1.95. The number of aromatic carboxylic acids is 1. The molecular formula is C12H13NO2. The van der Waals surface area contributed by atoms with Crippen LogP contribution in [0.2, 0.25) is 0 Å². The Morgan fingerprint density at radius 1 is 1.53 bits per heavy atom. The van der Waals surface area contributed by atoms with E-state index in [0.29, 0.717) is 0 Å². The van der Waals surface area contributed by atoms with Crippen LogP contribution >= 0.6 is 0 Å². The van der Waals surface area contributed by atoms with Gasteiger partial charge in [-0.2, -0.15) is 0 Å². The number of anilines is 1. The van der Waals surface area contributed by atoms with Gasteiger partial charge in [-0.15, -0.1) is 0 Å². The van der Waals surface area contributed by atoms with E-state index < -0.39 is 5.97 Å². The zero-order valence-electron chi connectivity index (χ0n) is 8.55. The van der Waals surface area contributed by atoms with E-state index in [9.17, 15) is 4.79 Å². The predicted molar refractivity (Wildman–Crippen MR) is 61.1 cm³/mol. The van der Waals surface area contributed by atoms with E-state index in [4.69, 9.17) is 5.11 Å². The number of rotatable bonds is 4. The standard InChI is InChI=1S/C12H13NO2/c1-3-4-8-13(2)11-7-5-6-10(9-11)12(14)15/h3-9H,1H2,2H3,(H,14,15)/b8-4-. The van der Waals surface area contributed by atoms with Gasteiger partial charge in [0.25, 0.3) is 0 Å². The lowest BCUT2D eigenvalue weighted by atomic mass is 10.2. The number of allylic oxidation sites excluding steroid dienone is 2. The minimum Gasteiger partial charge on any atom is -0.478 e. The summed E-state index contributed by atoms with van der Waals surface area (Å²) in [6.45, 7) is 3.56. The first kappa shape index (κ1) is 11.0. The van der Waals surface area contributed by atoms with Crippen LogP contribution in [0.25, 0.3) is 0 Å². The van der Waals surface area contributed by atoms with Gasteiger partial charge in [0.1, 0.15) is 0 Å². The highest BCUT2D eigenvalue weighted by Crippen LogP contribution is 2.15. The molecule has 0 fully saturated rings. The molecular weight excluding hydrogens is 190 g/mol. The van der Waals surface area contributed by atoms with Gasteiger partial charge in [0.05, 0.1) is 5.56 Å². The summed E-state index contributed by atoms with van der Waals surface area (Å²) in [5, 5.41) is 8.81. The van der Waals surface area contributed by atoms with Crippen molar-refractivity contribution >= 4 is 11.7 Å². The highest BCUT2D eigenvalue weighted by molar-refractivity contribution is 5.88. The van der Waals surface area contributed by atoms with Gasteiger partial charge < -0.3 is 10.0 Å². The molecule has 0 spiro atoms. The molecule has 1 N–H and O–H groups in total. The smallest absolute Gasteiger partial charge is 0.335 e. The zero-order valence-corrected chi connectivity index (χ0v) is 8.55. The van der Waals surface area contributed by atoms with Crippen LogP contribution in [0.3, 0.4) is 0 Å². The first-order chi connectivity index (χ1) is 7.15. The maximum absolute atomic E-state index is 10.7. The van der Waals surface area contributed by atoms with Gasteiger partial charge in [0, 0.05) is 18.9 Å². The van der Waals surface area contributed by atoms with E-state index >= 15 is 0 Å². The number of carboxylic acids is 1. The summed E-state index contributed by atoms with van der Waals surface area (Å²) >= 11 is 0. The summed E-state index contributed by atoms with van der Waals surface area (Å²) < 4.78 is 0. The molecule has 78 valence electrons. The number of hydrogen-bond donors (Lipinski definition) is 1. The van der Waals surface area contributed by atoms with Crippen molar-refractivity contribution in [1.29, 1.82) is 0 Å². The molecule has 0 aliphatic heterocycles. The normalized spacial score (nSPS) is 10.2. The SMILES string of the molecule is C=C/C=C\N(C)c1cccc(C(=O)O)c1. The maximum atomic E-state index is 10.7. The summed E-state index contributed by atoms with van der Waals surface area (Å²) in [6.07, 6.45) is 5.26. The second-order valence-corrected chi connectivity index (χ2v) is 3.04. The quantitative estimate of drug-likeness (QED) is 0.764. The fraction of sp³-hybridized carbons (Fsp3) is 0.0833. The first-order valence-corrected chi connectivity index (χ1v) is 4.50. The van der Waals surface area contributed by atoms with Crippen LogP contribution in [0.15, 0.2) is 49.2 Å². The average molecular weight is 203 g/mol. The highest BCUT2D eigenvalue weighted by atomic mass is 16.4. The summed E-state index contributed by atoms with van der Waals surface area (Å²) in [4.78, 5) is 12.6. The van der Waals surface area contributed by atoms with Gasteiger partial charge in [0.15, 0.2) is 0 Å². The van der Waals surface area contributed by atoms with E-state index in [1.807, 2.05) is 24.2 Å². The first-order valence-electron chi connectivity index (χ1n) is 4.50. The van der Waals surface area contributed by atoms with Crippen LogP contribution in [0.1, 0.15) is 10.4 Å². The molecule has 0 atom stereocenters. The molecule has 0 amide bonds. The fourth-order valence-electron chi connectivity index (χ4n) is 1.13. The summed E-state index contributed by atoms with van der Waals surface area (Å²) in [5.74, 6) is -0.919. The molecule has 3 nitrogen and oxygen atoms in total. The van der Waals surface area contributed by atoms with Crippen molar-refractivity contribution < 1.29 is 9.90 Å². The van der Waals surface area contributed by atoms with E-state index in [1.165, 1.54) is 0 Å². The second-order valence-electron chi connectivity index (χ2n) is 3.04. The van der Waals surface area contributed by atoms with Crippen molar-refractivity contribution in [1.82, 2.24) is 0 Å². The molecule has 0 radical (unpaired) electrons. The Bertz CT molecular complexity index is 396. The molecule has 0 aliphatic rings. The maximum Gasteiger partial charge on any atom is 0.335 e. The number of hydrogen-bond acceptors (Lipinski definition) is 2. The van der Waals surface area contributed by atoms with Gasteiger partial charge in [-0.3, -0.25) is 0 Å². The van der Waals surface area contributed by atoms with Gasteiger partial charge in [-0.25, -0.2) is 4.79 Å². The number of nitrogens with zero attached hydrogens (tertiary/aromatic N) is 1. The van der Waals surface area contributed by atoms with Gasteiger partial charge in [-0.05, 0) is 24.3 Å². The van der Waals surface area contributed by atoms with Crippen molar-refractivity contribution in [2.75, 3.05) is 11.9 Å². The molecule has 1 aromatic rings. The largest absolute Gasteiger partial charge is 0.478 e. The van der Waals surface area contributed by atoms with Crippen molar-refractivity contribution in [3.05, 3.63) is 54.8 Å². The summed E-state index contributed by atoms with van der Waals surface area (Å²) in [6, 6.07) is 6.75. The van der Waals surface area contributed by atoms with Gasteiger partial charge in [0.2, 0.25) is 0 Å². The van der Waals surface area contributed by atoms with Gasteiger partial charge in [-0.1, -0.05) is 18.7 Å². The lowest BCUT2D eigenvalue weighted by molar-refractivity contribution is 0.0697. The molecule has 15 heavy (non-hydrogen) atoms. The molecule has 0 bridgehead atoms. The second kappa shape index (κ2) is 5.00. The van der Waals surface area contributed by atoms with Gasteiger partial charge >= 0.3 is 5.97 Å². The predicted octanol–water partition coefficient (Wildman–Crippen LogP) is 2.52. The van der Waals surface area contributed by atoms with Crippen molar-refractivity contribution in [3.8, 4) is 0 Å². The third kappa shape index (κ3) is 2.98. The summed E-state index contributed by atoms with van der Waals surface area (Å²) in [7, 11) is 1.85. The topological polar surface area (TPSA) is 40.5 Å². The van der Waals surface area contributed by atoms with Crippen LogP contribution in [-0.4, -0.2) is 18.1 Å². The van der Waals surface area contributed by atoms with Crippen molar-refractivity contribution in [2.24, 2.45) is 0 Å². The van der Waals surface area contributed by atoms with Crippen molar-refractivity contribution in [2.45, 2.75) is 0 Å². The average Bonchev–Trinajstić information content (AvgIpc) is 2.26. The molecule has 0 unspecified atom stereocenters. The zero-order chi connectivity index (χ0) is 11.3. The van der Waals surface area contributed by atoms with E-state index in [-0.39, 0.29) is 5.56 Å². The Kier molecular flexibility index (Phi) is 3.68. The molecule has 1 rings (SSSR count). The van der Waals surface area contributed by atoms with Crippen LogP contribution in [0, 0.1) is 0 Å². The third-order valence-corrected chi connectivity index (χ3v) is 1.95. The monoisotopic (exact) mass is 203 g/mol. The Balaban J connectivity index is 2.94. The lowest BCUT2D eigenvalue weighted by Gasteiger charge is -2.13. The van der Waals surface area contributed by atoms with Crippen LogP contribution in [-0.2, 0) is 0 Å². The molecule has 0 saturated heterocycles. The molecule has 0 aromatic heterocycles. The lowest BCUT2D eigenvalue weighted by Crippen LogP contribution is -2.08. The Hall–Kier alpha value is -2.03. The molecule has 0 aliphatic carbocycles. The highest BCUT2D eigenvalue weighted by Gasteiger charge is 2.04. The Morgan fingerprint density at radius 2 is 2.27 bits per heavy atom. The number of carboxylic acid groups (broad SMARTS) is 1. The van der Waals surface area contributed by atoms with Crippen LogP contribution < -0.4 is 4.90 Å². The van der Waals surface area contributed by atoms with E-state index in [1.54, 1.807) is 30.4 Å². The minimum atomic E-state index is -0.919.